The molecule has 2 aromatic carbocycles. The fraction of sp³-hybridized carbons (Fsp3) is 0.0952. The molecule has 8 heteroatoms. The molecule has 6 nitrogen and oxygen atoms in total. The monoisotopic (exact) mass is 412 g/mol. The summed E-state index contributed by atoms with van der Waals surface area (Å²) in [6.45, 7) is 1.08. The van der Waals surface area contributed by atoms with E-state index in [2.05, 4.69) is 5.10 Å². The summed E-state index contributed by atoms with van der Waals surface area (Å²) in [4.78, 5) is 24.8. The summed E-state index contributed by atoms with van der Waals surface area (Å²) < 4.78 is 25.0. The highest BCUT2D eigenvalue weighted by Gasteiger charge is 2.24. The summed E-state index contributed by atoms with van der Waals surface area (Å²) in [5.74, 6) is -1.57. The van der Waals surface area contributed by atoms with Gasteiger partial charge in [-0.1, -0.05) is 29.8 Å². The zero-order valence-corrected chi connectivity index (χ0v) is 15.9. The highest BCUT2D eigenvalue weighted by atomic mass is 35.5. The highest BCUT2D eigenvalue weighted by Crippen LogP contribution is 2.25. The Balaban J connectivity index is 1.51. The van der Waals surface area contributed by atoms with Crippen molar-refractivity contribution < 1.29 is 23.1 Å². The molecule has 29 heavy (non-hydrogen) atoms. The van der Waals surface area contributed by atoms with Gasteiger partial charge in [0, 0.05) is 5.39 Å². The molecule has 0 spiro atoms. The van der Waals surface area contributed by atoms with Crippen molar-refractivity contribution in [1.82, 2.24) is 9.78 Å². The van der Waals surface area contributed by atoms with Gasteiger partial charge in [-0.25, -0.2) is 13.9 Å². The number of carbonyl (C=O) groups is 2. The summed E-state index contributed by atoms with van der Waals surface area (Å²) in [6.07, 6.45) is 0. The van der Waals surface area contributed by atoms with Crippen LogP contribution in [-0.4, -0.2) is 28.1 Å². The molecule has 0 saturated carbocycles. The van der Waals surface area contributed by atoms with Crippen molar-refractivity contribution in [3.8, 4) is 5.69 Å². The average molecular weight is 413 g/mol. The maximum absolute atomic E-state index is 13.1. The van der Waals surface area contributed by atoms with Gasteiger partial charge in [0.2, 0.25) is 5.78 Å². The first-order valence-electron chi connectivity index (χ1n) is 8.64. The largest absolute Gasteiger partial charge is 0.453 e. The van der Waals surface area contributed by atoms with Gasteiger partial charge in [0.25, 0.3) is 0 Å². The number of carbonyl (C=O) groups excluding carboxylic acids is 2. The second-order valence-electron chi connectivity index (χ2n) is 6.29. The van der Waals surface area contributed by atoms with E-state index in [1.165, 1.54) is 28.9 Å². The quantitative estimate of drug-likeness (QED) is 0.349. The summed E-state index contributed by atoms with van der Waals surface area (Å²) in [5.41, 5.74) is 1.41. The number of nitrogens with zero attached hydrogens (tertiary/aromatic N) is 2. The van der Waals surface area contributed by atoms with Crippen LogP contribution in [0.15, 0.2) is 59.0 Å². The van der Waals surface area contributed by atoms with Gasteiger partial charge in [0.15, 0.2) is 12.4 Å². The predicted octanol–water partition coefficient (Wildman–Crippen LogP) is 4.76. The van der Waals surface area contributed by atoms with E-state index in [-0.39, 0.29) is 16.5 Å². The number of hydrogen-bond donors (Lipinski definition) is 0. The molecule has 0 fully saturated rings. The van der Waals surface area contributed by atoms with Crippen molar-refractivity contribution in [1.29, 1.82) is 0 Å². The van der Waals surface area contributed by atoms with Crippen LogP contribution in [0.5, 0.6) is 0 Å². The fourth-order valence-electron chi connectivity index (χ4n) is 2.88. The van der Waals surface area contributed by atoms with Crippen LogP contribution in [0.1, 0.15) is 26.6 Å². The lowest BCUT2D eigenvalue weighted by atomic mass is 10.2. The topological polar surface area (TPSA) is 74.3 Å². The first-order valence-corrected chi connectivity index (χ1v) is 9.02. The van der Waals surface area contributed by atoms with Crippen molar-refractivity contribution in [2.45, 2.75) is 6.92 Å². The second-order valence-corrected chi connectivity index (χ2v) is 6.65. The number of para-hydroxylation sites is 1. The third-order valence-electron chi connectivity index (χ3n) is 4.31. The molecule has 0 atom stereocenters. The van der Waals surface area contributed by atoms with Crippen LogP contribution in [-0.2, 0) is 4.74 Å². The number of ketones is 1. The minimum absolute atomic E-state index is 0.00953. The van der Waals surface area contributed by atoms with Gasteiger partial charge < -0.3 is 9.15 Å². The number of aryl methyl sites for hydroxylation is 1. The molecular weight excluding hydrogens is 399 g/mol. The fourth-order valence-corrected chi connectivity index (χ4v) is 3.23. The Morgan fingerprint density at radius 3 is 2.62 bits per heavy atom. The highest BCUT2D eigenvalue weighted by molar-refractivity contribution is 6.33. The lowest BCUT2D eigenvalue weighted by Gasteiger charge is -2.04. The maximum atomic E-state index is 13.1. The smallest absolute Gasteiger partial charge is 0.343 e. The molecule has 0 N–H and O–H groups in total. The van der Waals surface area contributed by atoms with Crippen molar-refractivity contribution in [3.05, 3.63) is 82.6 Å². The Hall–Kier alpha value is -3.45. The molecule has 0 aliphatic rings. The van der Waals surface area contributed by atoms with Crippen LogP contribution < -0.4 is 0 Å². The van der Waals surface area contributed by atoms with Crippen LogP contribution in [0.4, 0.5) is 4.39 Å². The van der Waals surface area contributed by atoms with Gasteiger partial charge in [0.1, 0.15) is 22.1 Å². The van der Waals surface area contributed by atoms with E-state index >= 15 is 0 Å². The molecule has 0 amide bonds. The molecule has 0 saturated heterocycles. The Morgan fingerprint density at radius 1 is 1.17 bits per heavy atom. The van der Waals surface area contributed by atoms with Crippen LogP contribution in [0.25, 0.3) is 16.7 Å². The van der Waals surface area contributed by atoms with Crippen molar-refractivity contribution in [2.24, 2.45) is 0 Å². The predicted molar refractivity (Wildman–Crippen MR) is 104 cm³/mol. The molecule has 146 valence electrons. The maximum Gasteiger partial charge on any atom is 0.343 e. The van der Waals surface area contributed by atoms with E-state index < -0.39 is 24.2 Å². The summed E-state index contributed by atoms with van der Waals surface area (Å²) in [7, 11) is 0. The Morgan fingerprint density at radius 2 is 1.90 bits per heavy atom. The first-order chi connectivity index (χ1) is 13.9. The van der Waals surface area contributed by atoms with E-state index in [1.54, 1.807) is 25.1 Å². The van der Waals surface area contributed by atoms with E-state index in [1.807, 2.05) is 12.1 Å². The molecule has 2 aromatic heterocycles. The number of rotatable bonds is 5. The zero-order valence-electron chi connectivity index (χ0n) is 15.2. The number of benzene rings is 2. The Kier molecular flexibility index (Phi) is 4.90. The van der Waals surface area contributed by atoms with Gasteiger partial charge in [0.05, 0.1) is 11.4 Å². The Labute approximate surface area is 169 Å². The Bertz CT molecular complexity index is 1190. The van der Waals surface area contributed by atoms with E-state index in [0.29, 0.717) is 17.0 Å². The molecule has 0 unspecified atom stereocenters. The third-order valence-corrected chi connectivity index (χ3v) is 4.66. The van der Waals surface area contributed by atoms with Gasteiger partial charge in [-0.3, -0.25) is 4.79 Å². The minimum Gasteiger partial charge on any atom is -0.453 e. The number of fused-ring (bicyclic) bond motifs is 1. The number of Topliss-reactive ketones (excluding diaryl/α,β-unsaturated/α-hetero) is 1. The summed E-state index contributed by atoms with van der Waals surface area (Å²) >= 11 is 6.29. The average Bonchev–Trinajstić information content (AvgIpc) is 3.27. The lowest BCUT2D eigenvalue weighted by molar-refractivity contribution is 0.0468. The second kappa shape index (κ2) is 7.52. The molecular formula is C21H14ClFN2O4. The number of ether oxygens (including phenoxy) is 1. The van der Waals surface area contributed by atoms with Gasteiger partial charge >= 0.3 is 5.97 Å². The van der Waals surface area contributed by atoms with E-state index in [0.717, 1.165) is 5.39 Å². The number of halogens is 2. The molecule has 4 rings (SSSR count). The standard InChI is InChI=1S/C21H14ClFN2O4/c1-12-19(20(22)25(24-12)15-8-6-14(23)7-9-15)21(27)28-11-16(26)18-10-13-4-2-3-5-17(13)29-18/h2-10H,11H2,1H3. The van der Waals surface area contributed by atoms with Gasteiger partial charge in [-0.15, -0.1) is 0 Å². The van der Waals surface area contributed by atoms with Crippen molar-refractivity contribution in [2.75, 3.05) is 6.61 Å². The number of furan rings is 1. The lowest BCUT2D eigenvalue weighted by Crippen LogP contribution is -2.14. The molecule has 0 aliphatic carbocycles. The molecule has 0 bridgehead atoms. The van der Waals surface area contributed by atoms with Gasteiger partial charge in [-0.05, 0) is 43.3 Å². The van der Waals surface area contributed by atoms with E-state index in [9.17, 15) is 14.0 Å². The normalized spacial score (nSPS) is 11.0. The first kappa shape index (κ1) is 18.9. The molecule has 0 radical (unpaired) electrons. The summed E-state index contributed by atoms with van der Waals surface area (Å²) in [5, 5.41) is 4.99. The van der Waals surface area contributed by atoms with Crippen molar-refractivity contribution >= 4 is 34.3 Å². The number of hydrogen-bond acceptors (Lipinski definition) is 5. The van der Waals surface area contributed by atoms with Crippen LogP contribution in [0.2, 0.25) is 5.15 Å². The van der Waals surface area contributed by atoms with E-state index in [4.69, 9.17) is 20.8 Å². The zero-order chi connectivity index (χ0) is 20.5. The van der Waals surface area contributed by atoms with Gasteiger partial charge in [-0.2, -0.15) is 5.10 Å². The van der Waals surface area contributed by atoms with Crippen molar-refractivity contribution in [3.63, 3.8) is 0 Å². The van der Waals surface area contributed by atoms with Crippen LogP contribution in [0.3, 0.4) is 0 Å². The summed E-state index contributed by atoms with van der Waals surface area (Å²) in [6, 6.07) is 14.2. The van der Waals surface area contributed by atoms with Crippen LogP contribution >= 0.6 is 11.6 Å². The SMILES string of the molecule is Cc1nn(-c2ccc(F)cc2)c(Cl)c1C(=O)OCC(=O)c1cc2ccccc2o1. The molecule has 4 aromatic rings. The minimum atomic E-state index is -0.787. The number of esters is 1. The molecule has 0 aliphatic heterocycles. The third kappa shape index (κ3) is 3.64. The molecule has 2 heterocycles. The number of aromatic nitrogens is 2. The van der Waals surface area contributed by atoms with Crippen LogP contribution in [0, 0.1) is 12.7 Å².